The molecule has 3 heterocycles. The van der Waals surface area contributed by atoms with Crippen molar-refractivity contribution in [3.05, 3.63) is 76.3 Å². The van der Waals surface area contributed by atoms with E-state index in [1.165, 1.54) is 32.0 Å². The molecule has 47 heavy (non-hydrogen) atoms. The molecule has 0 radical (unpaired) electrons. The van der Waals surface area contributed by atoms with Gasteiger partial charge in [-0.2, -0.15) is 5.10 Å². The number of amides is 1. The van der Waals surface area contributed by atoms with Crippen LogP contribution in [0.5, 0.6) is 0 Å². The summed E-state index contributed by atoms with van der Waals surface area (Å²) in [5.74, 6) is -1.37. The summed E-state index contributed by atoms with van der Waals surface area (Å²) in [6, 6.07) is 5.63. The normalized spacial score (nSPS) is 20.5. The number of carboxylic acids is 1. The highest BCUT2D eigenvalue weighted by Crippen LogP contribution is 2.47. The van der Waals surface area contributed by atoms with E-state index in [-0.39, 0.29) is 23.3 Å². The Morgan fingerprint density at radius 1 is 1.06 bits per heavy atom. The molecule has 1 unspecified atom stereocenters. The topological polar surface area (TPSA) is 133 Å². The molecule has 1 amide bonds. The van der Waals surface area contributed by atoms with E-state index in [9.17, 15) is 23.1 Å². The predicted molar refractivity (Wildman–Crippen MR) is 181 cm³/mol. The molecule has 1 aromatic carbocycles. The molecule has 2 saturated carbocycles. The van der Waals surface area contributed by atoms with Crippen molar-refractivity contribution >= 4 is 43.9 Å². The number of nitrogens with one attached hydrogen (secondary N) is 1. The Balaban J connectivity index is 1.47. The lowest BCUT2D eigenvalue weighted by molar-refractivity contribution is 0.0695. The second-order valence-electron chi connectivity index (χ2n) is 13.6. The quantitative estimate of drug-likeness (QED) is 0.279. The Labute approximate surface area is 275 Å². The predicted octanol–water partition coefficient (Wildman–Crippen LogP) is 6.60. The van der Waals surface area contributed by atoms with Crippen LogP contribution in [-0.4, -0.2) is 58.2 Å². The van der Waals surface area contributed by atoms with E-state index in [0.717, 1.165) is 78.3 Å². The summed E-state index contributed by atoms with van der Waals surface area (Å²) in [6.45, 7) is 3.44. The summed E-state index contributed by atoms with van der Waals surface area (Å²) in [5, 5.41) is 15.2. The van der Waals surface area contributed by atoms with Gasteiger partial charge in [0.05, 0.1) is 41.5 Å². The minimum Gasteiger partial charge on any atom is -0.478 e. The molecule has 3 aliphatic carbocycles. The maximum atomic E-state index is 13.4. The molecule has 2 N–H and O–H groups in total. The number of rotatable bonds is 8. The summed E-state index contributed by atoms with van der Waals surface area (Å²) >= 11 is 0. The first kappa shape index (κ1) is 31.6. The van der Waals surface area contributed by atoms with Gasteiger partial charge in [0, 0.05) is 35.6 Å². The van der Waals surface area contributed by atoms with Crippen LogP contribution in [0.15, 0.2) is 48.2 Å². The molecule has 1 atom stereocenters. The largest absolute Gasteiger partial charge is 0.478 e. The fourth-order valence-corrected chi connectivity index (χ4v) is 8.25. The molecule has 248 valence electrons. The standard InChI is InChI=1S/C36H42N4O6S/c1-21(2)47(44,45)38-35(41)23-12-14-29-31(18-23)39-20-25(33-30(36(42)43)19-37-40(33)26-10-7-11-26)16-24-17-27(46-3)13-15-28(24)34(39)32(29)22-8-5-4-6-9-22/h12-16,18-19,21-22,26-27H,4-11,17,20H2,1-3H3,(H,38,41)(H,42,43). The Hall–Kier alpha value is -3.96. The third-order valence-electron chi connectivity index (χ3n) is 10.5. The van der Waals surface area contributed by atoms with Gasteiger partial charge in [0.2, 0.25) is 10.0 Å². The molecule has 11 heteroatoms. The van der Waals surface area contributed by atoms with Gasteiger partial charge in [-0.05, 0) is 80.7 Å². The molecule has 4 aliphatic rings. The lowest BCUT2D eigenvalue weighted by Gasteiger charge is -2.28. The highest BCUT2D eigenvalue weighted by molar-refractivity contribution is 7.90. The Bertz CT molecular complexity index is 1970. The highest BCUT2D eigenvalue weighted by atomic mass is 32.2. The minimum absolute atomic E-state index is 0.117. The van der Waals surface area contributed by atoms with E-state index in [1.54, 1.807) is 19.2 Å². The molecule has 7 rings (SSSR count). The lowest BCUT2D eigenvalue weighted by atomic mass is 9.80. The highest BCUT2D eigenvalue weighted by Gasteiger charge is 2.34. The van der Waals surface area contributed by atoms with Gasteiger partial charge in [-0.3, -0.25) is 9.48 Å². The van der Waals surface area contributed by atoms with Gasteiger partial charge in [-0.15, -0.1) is 0 Å². The zero-order valence-corrected chi connectivity index (χ0v) is 28.0. The number of carbonyl (C=O) groups excluding carboxylic acids is 1. The van der Waals surface area contributed by atoms with E-state index in [4.69, 9.17) is 4.74 Å². The molecule has 2 fully saturated rings. The van der Waals surface area contributed by atoms with Gasteiger partial charge >= 0.3 is 5.97 Å². The van der Waals surface area contributed by atoms with Crippen LogP contribution < -0.4 is 4.72 Å². The van der Waals surface area contributed by atoms with Crippen LogP contribution in [0.2, 0.25) is 0 Å². The molecule has 0 spiro atoms. The van der Waals surface area contributed by atoms with Crippen molar-refractivity contribution in [3.8, 4) is 0 Å². The number of nitrogens with zero attached hydrogens (tertiary/aromatic N) is 3. The number of methoxy groups -OCH3 is 1. The first-order chi connectivity index (χ1) is 22.6. The van der Waals surface area contributed by atoms with E-state index < -0.39 is 27.1 Å². The zero-order valence-electron chi connectivity index (χ0n) is 27.2. The van der Waals surface area contributed by atoms with Crippen molar-refractivity contribution in [2.24, 2.45) is 0 Å². The number of benzene rings is 1. The number of sulfonamides is 1. The van der Waals surface area contributed by atoms with Crippen LogP contribution in [0.4, 0.5) is 0 Å². The second kappa shape index (κ2) is 12.2. The first-order valence-electron chi connectivity index (χ1n) is 16.8. The second-order valence-corrected chi connectivity index (χ2v) is 15.9. The average molecular weight is 659 g/mol. The molecular formula is C36H42N4O6S. The van der Waals surface area contributed by atoms with Crippen LogP contribution >= 0.6 is 0 Å². The van der Waals surface area contributed by atoms with Crippen LogP contribution in [0.25, 0.3) is 22.0 Å². The van der Waals surface area contributed by atoms with Crippen LogP contribution in [0.3, 0.4) is 0 Å². The molecule has 3 aromatic rings. The number of aromatic carboxylic acids is 1. The van der Waals surface area contributed by atoms with Gasteiger partial charge in [0.25, 0.3) is 5.91 Å². The van der Waals surface area contributed by atoms with E-state index in [2.05, 4.69) is 32.6 Å². The third-order valence-corrected chi connectivity index (χ3v) is 12.2. The number of ether oxygens (including phenoxy) is 1. The maximum Gasteiger partial charge on any atom is 0.339 e. The van der Waals surface area contributed by atoms with Crippen LogP contribution in [0, 0.1) is 0 Å². The molecular weight excluding hydrogens is 616 g/mol. The van der Waals surface area contributed by atoms with E-state index in [0.29, 0.717) is 24.6 Å². The number of allylic oxidation sites excluding steroid dienone is 4. The van der Waals surface area contributed by atoms with E-state index in [1.807, 2.05) is 10.7 Å². The summed E-state index contributed by atoms with van der Waals surface area (Å²) in [4.78, 5) is 26.0. The van der Waals surface area contributed by atoms with Gasteiger partial charge in [0.1, 0.15) is 5.56 Å². The fourth-order valence-electron chi connectivity index (χ4n) is 7.63. The van der Waals surface area contributed by atoms with Crippen molar-refractivity contribution in [2.75, 3.05) is 7.11 Å². The summed E-state index contributed by atoms with van der Waals surface area (Å²) in [6.07, 6.45) is 16.9. The maximum absolute atomic E-state index is 13.4. The monoisotopic (exact) mass is 658 g/mol. The smallest absolute Gasteiger partial charge is 0.339 e. The van der Waals surface area contributed by atoms with Crippen molar-refractivity contribution < 1.29 is 27.9 Å². The van der Waals surface area contributed by atoms with Crippen molar-refractivity contribution in [1.82, 2.24) is 19.1 Å². The Morgan fingerprint density at radius 2 is 1.83 bits per heavy atom. The number of carbonyl (C=O) groups is 2. The zero-order chi connectivity index (χ0) is 33.0. The van der Waals surface area contributed by atoms with Crippen molar-refractivity contribution in [3.63, 3.8) is 0 Å². The molecule has 0 bridgehead atoms. The summed E-state index contributed by atoms with van der Waals surface area (Å²) in [5.41, 5.74) is 7.18. The summed E-state index contributed by atoms with van der Waals surface area (Å²) < 4.78 is 37.4. The van der Waals surface area contributed by atoms with E-state index >= 15 is 0 Å². The lowest BCUT2D eigenvalue weighted by Crippen LogP contribution is -2.35. The number of aromatic nitrogens is 3. The number of carboxylic acid groups (broad SMARTS) is 1. The Morgan fingerprint density at radius 3 is 2.49 bits per heavy atom. The number of fused-ring (bicyclic) bond motifs is 4. The molecule has 2 aromatic heterocycles. The van der Waals surface area contributed by atoms with Gasteiger partial charge in [0.15, 0.2) is 0 Å². The first-order valence-corrected chi connectivity index (χ1v) is 18.3. The van der Waals surface area contributed by atoms with Gasteiger partial charge < -0.3 is 14.4 Å². The number of hydrogen-bond donors (Lipinski definition) is 2. The molecule has 0 saturated heterocycles. The SMILES string of the molecule is COC1C=CC2=C(C=C(c3c(C(=O)O)cnn3C3CCC3)Cn3c2c(C2CCCCC2)c2ccc(C(=O)NS(=O)(=O)C(C)C)cc23)C1. The third kappa shape index (κ3) is 5.57. The molecule has 1 aliphatic heterocycles. The van der Waals surface area contributed by atoms with Crippen molar-refractivity contribution in [2.45, 2.75) is 101 Å². The van der Waals surface area contributed by atoms with Crippen LogP contribution in [0.1, 0.15) is 121 Å². The Kier molecular flexibility index (Phi) is 8.24. The minimum atomic E-state index is -3.83. The summed E-state index contributed by atoms with van der Waals surface area (Å²) in [7, 11) is -2.13. The van der Waals surface area contributed by atoms with Gasteiger partial charge in [-0.25, -0.2) is 17.9 Å². The van der Waals surface area contributed by atoms with Crippen molar-refractivity contribution in [1.29, 1.82) is 0 Å². The fraction of sp³-hybridized carbons (Fsp3) is 0.472. The average Bonchev–Trinajstić information content (AvgIpc) is 3.54. The molecule has 10 nitrogen and oxygen atoms in total. The number of hydrogen-bond acceptors (Lipinski definition) is 6. The van der Waals surface area contributed by atoms with Crippen LogP contribution in [-0.2, 0) is 21.3 Å². The van der Waals surface area contributed by atoms with Gasteiger partial charge in [-0.1, -0.05) is 43.6 Å².